The van der Waals surface area contributed by atoms with Crippen molar-refractivity contribution in [1.29, 1.82) is 0 Å². The molecule has 0 saturated carbocycles. The van der Waals surface area contributed by atoms with E-state index in [9.17, 15) is 9.18 Å². The molecule has 1 aromatic heterocycles. The number of thioether (sulfide) groups is 1. The van der Waals surface area contributed by atoms with Crippen LogP contribution in [0.4, 0.5) is 10.1 Å². The van der Waals surface area contributed by atoms with E-state index in [1.807, 2.05) is 0 Å². The Balaban J connectivity index is 2.19. The molecule has 0 atom stereocenters. The molecule has 106 valence electrons. The van der Waals surface area contributed by atoms with Crippen molar-refractivity contribution < 1.29 is 18.3 Å². The van der Waals surface area contributed by atoms with E-state index >= 15 is 0 Å². The molecule has 2 N–H and O–H groups in total. The van der Waals surface area contributed by atoms with Gasteiger partial charge < -0.3 is 14.9 Å². The number of carbonyl (C=O) groups excluding carboxylic acids is 1. The third-order valence-electron chi connectivity index (χ3n) is 2.55. The lowest BCUT2D eigenvalue weighted by Crippen LogP contribution is -2.08. The SMILES string of the molecule is CCOC(=O)c1cc(SCc2ccco2)c(F)cc1N. The summed E-state index contributed by atoms with van der Waals surface area (Å²) in [5.74, 6) is 0.177. The average molecular weight is 295 g/mol. The van der Waals surface area contributed by atoms with Crippen LogP contribution in [-0.2, 0) is 10.5 Å². The third kappa shape index (κ3) is 3.33. The van der Waals surface area contributed by atoms with Gasteiger partial charge in [-0.3, -0.25) is 0 Å². The Morgan fingerprint density at radius 3 is 2.95 bits per heavy atom. The van der Waals surface area contributed by atoms with Gasteiger partial charge in [0.15, 0.2) is 0 Å². The smallest absolute Gasteiger partial charge is 0.340 e. The summed E-state index contributed by atoms with van der Waals surface area (Å²) < 4.78 is 23.9. The Morgan fingerprint density at radius 2 is 2.30 bits per heavy atom. The summed E-state index contributed by atoms with van der Waals surface area (Å²) in [5, 5.41) is 0. The van der Waals surface area contributed by atoms with Crippen molar-refractivity contribution >= 4 is 23.4 Å². The van der Waals surface area contributed by atoms with E-state index < -0.39 is 11.8 Å². The van der Waals surface area contributed by atoms with Crippen LogP contribution in [0.5, 0.6) is 0 Å². The molecule has 0 amide bonds. The second-order valence-corrected chi connectivity index (χ2v) is 4.98. The number of carbonyl (C=O) groups is 1. The fourth-order valence-electron chi connectivity index (χ4n) is 1.61. The van der Waals surface area contributed by atoms with Gasteiger partial charge in [0.05, 0.1) is 24.2 Å². The van der Waals surface area contributed by atoms with Crippen LogP contribution in [-0.4, -0.2) is 12.6 Å². The van der Waals surface area contributed by atoms with Crippen LogP contribution in [0.1, 0.15) is 23.0 Å². The number of rotatable bonds is 5. The molecule has 6 heteroatoms. The molecule has 20 heavy (non-hydrogen) atoms. The van der Waals surface area contributed by atoms with E-state index in [4.69, 9.17) is 14.9 Å². The van der Waals surface area contributed by atoms with Gasteiger partial charge in [-0.1, -0.05) is 0 Å². The normalized spacial score (nSPS) is 10.5. The number of furan rings is 1. The maximum Gasteiger partial charge on any atom is 0.340 e. The number of nitrogens with two attached hydrogens (primary N) is 1. The Kier molecular flexibility index (Phi) is 4.68. The number of hydrogen-bond donors (Lipinski definition) is 1. The fraction of sp³-hybridized carbons (Fsp3) is 0.214. The van der Waals surface area contributed by atoms with Crippen molar-refractivity contribution in [2.45, 2.75) is 17.6 Å². The summed E-state index contributed by atoms with van der Waals surface area (Å²) in [5.41, 5.74) is 5.89. The molecular weight excluding hydrogens is 281 g/mol. The fourth-order valence-corrected chi connectivity index (χ4v) is 2.47. The van der Waals surface area contributed by atoms with Gasteiger partial charge in [0.2, 0.25) is 0 Å². The number of hydrogen-bond acceptors (Lipinski definition) is 5. The van der Waals surface area contributed by atoms with Gasteiger partial charge in [0, 0.05) is 10.6 Å². The summed E-state index contributed by atoms with van der Waals surface area (Å²) in [6.07, 6.45) is 1.55. The van der Waals surface area contributed by atoms with Gasteiger partial charge >= 0.3 is 5.97 Å². The first-order chi connectivity index (χ1) is 9.61. The van der Waals surface area contributed by atoms with Crippen molar-refractivity contribution in [3.8, 4) is 0 Å². The van der Waals surface area contributed by atoms with E-state index in [2.05, 4.69) is 0 Å². The van der Waals surface area contributed by atoms with Crippen LogP contribution in [0.15, 0.2) is 39.8 Å². The highest BCUT2D eigenvalue weighted by Gasteiger charge is 2.15. The van der Waals surface area contributed by atoms with Crippen LogP contribution < -0.4 is 5.73 Å². The highest BCUT2D eigenvalue weighted by molar-refractivity contribution is 7.98. The summed E-state index contributed by atoms with van der Waals surface area (Å²) >= 11 is 1.23. The molecule has 2 rings (SSSR count). The van der Waals surface area contributed by atoms with Gasteiger partial charge in [-0.2, -0.15) is 0 Å². The number of halogens is 1. The van der Waals surface area contributed by atoms with Gasteiger partial charge in [0.1, 0.15) is 11.6 Å². The number of anilines is 1. The minimum Gasteiger partial charge on any atom is -0.468 e. The highest BCUT2D eigenvalue weighted by atomic mass is 32.2. The van der Waals surface area contributed by atoms with E-state index in [0.29, 0.717) is 10.6 Å². The Hall–Kier alpha value is -1.95. The minimum atomic E-state index is -0.551. The first-order valence-electron chi connectivity index (χ1n) is 6.03. The zero-order valence-corrected chi connectivity index (χ0v) is 11.7. The van der Waals surface area contributed by atoms with Crippen LogP contribution in [0.3, 0.4) is 0 Å². The maximum absolute atomic E-state index is 13.8. The molecule has 0 aliphatic rings. The molecule has 0 fully saturated rings. The largest absolute Gasteiger partial charge is 0.468 e. The van der Waals surface area contributed by atoms with Crippen LogP contribution in [0, 0.1) is 5.82 Å². The number of esters is 1. The molecule has 0 saturated heterocycles. The summed E-state index contributed by atoms with van der Waals surface area (Å²) in [6.45, 7) is 1.94. The Labute approximate surface area is 120 Å². The van der Waals surface area contributed by atoms with Crippen molar-refractivity contribution in [3.05, 3.63) is 47.7 Å². The number of benzene rings is 1. The first-order valence-corrected chi connectivity index (χ1v) is 7.01. The number of ether oxygens (including phenoxy) is 1. The second-order valence-electron chi connectivity index (χ2n) is 3.96. The Morgan fingerprint density at radius 1 is 1.50 bits per heavy atom. The lowest BCUT2D eigenvalue weighted by molar-refractivity contribution is 0.0527. The predicted octanol–water partition coefficient (Wildman–Crippen LogP) is 3.47. The predicted molar refractivity (Wildman–Crippen MR) is 75.0 cm³/mol. The summed E-state index contributed by atoms with van der Waals surface area (Å²) in [4.78, 5) is 12.0. The second kappa shape index (κ2) is 6.47. The summed E-state index contributed by atoms with van der Waals surface area (Å²) in [6, 6.07) is 6.11. The molecule has 0 aliphatic heterocycles. The first kappa shape index (κ1) is 14.5. The van der Waals surface area contributed by atoms with E-state index in [1.54, 1.807) is 25.3 Å². The van der Waals surface area contributed by atoms with Crippen LogP contribution >= 0.6 is 11.8 Å². The van der Waals surface area contributed by atoms with Crippen LogP contribution in [0.25, 0.3) is 0 Å². The molecule has 1 aromatic carbocycles. The molecule has 1 heterocycles. The van der Waals surface area contributed by atoms with Crippen molar-refractivity contribution in [2.75, 3.05) is 12.3 Å². The quantitative estimate of drug-likeness (QED) is 0.520. The lowest BCUT2D eigenvalue weighted by atomic mass is 10.2. The lowest BCUT2D eigenvalue weighted by Gasteiger charge is -2.09. The third-order valence-corrected chi connectivity index (χ3v) is 3.60. The maximum atomic E-state index is 13.8. The van der Waals surface area contributed by atoms with E-state index in [0.717, 1.165) is 11.8 Å². The van der Waals surface area contributed by atoms with E-state index in [-0.39, 0.29) is 17.9 Å². The topological polar surface area (TPSA) is 65.5 Å². The molecule has 0 unspecified atom stereocenters. The van der Waals surface area contributed by atoms with E-state index in [1.165, 1.54) is 17.8 Å². The van der Waals surface area contributed by atoms with Crippen molar-refractivity contribution in [3.63, 3.8) is 0 Å². The molecule has 0 radical (unpaired) electrons. The molecular formula is C14H14FNO3S. The van der Waals surface area contributed by atoms with Crippen molar-refractivity contribution in [1.82, 2.24) is 0 Å². The summed E-state index contributed by atoms with van der Waals surface area (Å²) in [7, 11) is 0. The zero-order chi connectivity index (χ0) is 14.5. The van der Waals surface area contributed by atoms with Gasteiger partial charge in [-0.25, -0.2) is 9.18 Å². The van der Waals surface area contributed by atoms with Crippen LogP contribution in [0.2, 0.25) is 0 Å². The van der Waals surface area contributed by atoms with Gasteiger partial charge in [-0.05, 0) is 31.2 Å². The monoisotopic (exact) mass is 295 g/mol. The molecule has 4 nitrogen and oxygen atoms in total. The standard InChI is InChI=1S/C14H14FNO3S/c1-2-18-14(17)10-6-13(11(15)7-12(10)16)20-8-9-4-3-5-19-9/h3-7H,2,8,16H2,1H3. The average Bonchev–Trinajstić information content (AvgIpc) is 2.91. The molecule has 0 bridgehead atoms. The molecule has 0 spiro atoms. The molecule has 0 aliphatic carbocycles. The highest BCUT2D eigenvalue weighted by Crippen LogP contribution is 2.29. The zero-order valence-electron chi connectivity index (χ0n) is 10.9. The van der Waals surface area contributed by atoms with Crippen molar-refractivity contribution in [2.24, 2.45) is 0 Å². The van der Waals surface area contributed by atoms with Gasteiger partial charge in [-0.15, -0.1) is 11.8 Å². The number of nitrogen functional groups attached to an aromatic ring is 1. The molecule has 2 aromatic rings. The minimum absolute atomic E-state index is 0.0725. The van der Waals surface area contributed by atoms with Gasteiger partial charge in [0.25, 0.3) is 0 Å². The Bertz CT molecular complexity index is 599.